The lowest BCUT2D eigenvalue weighted by Gasteiger charge is -2.41. The Bertz CT molecular complexity index is 439. The monoisotopic (exact) mass is 273 g/mol. The van der Waals surface area contributed by atoms with Crippen LogP contribution in [0.15, 0.2) is 18.2 Å². The molecule has 1 aromatic carbocycles. The van der Waals surface area contributed by atoms with E-state index in [0.29, 0.717) is 15.6 Å². The highest BCUT2D eigenvalue weighted by molar-refractivity contribution is 6.36. The Morgan fingerprint density at radius 3 is 2.59 bits per heavy atom. The van der Waals surface area contributed by atoms with Crippen LogP contribution in [-0.4, -0.2) is 23.2 Å². The van der Waals surface area contributed by atoms with E-state index in [4.69, 9.17) is 23.2 Å². The molecule has 0 aliphatic heterocycles. The molecule has 17 heavy (non-hydrogen) atoms. The lowest BCUT2D eigenvalue weighted by Crippen LogP contribution is -2.56. The molecule has 5 heteroatoms. The fourth-order valence-corrected chi connectivity index (χ4v) is 2.40. The van der Waals surface area contributed by atoms with Gasteiger partial charge in [0, 0.05) is 5.02 Å². The number of benzene rings is 1. The normalized spacial score (nSPS) is 17.4. The largest absolute Gasteiger partial charge is 0.394 e. The molecule has 0 aromatic heterocycles. The zero-order valence-electron chi connectivity index (χ0n) is 9.17. The van der Waals surface area contributed by atoms with E-state index in [2.05, 4.69) is 5.32 Å². The Kier molecular flexibility index (Phi) is 3.61. The first-order chi connectivity index (χ1) is 8.06. The first-order valence-electron chi connectivity index (χ1n) is 5.45. The maximum Gasteiger partial charge on any atom is 0.253 e. The molecule has 2 N–H and O–H groups in total. The van der Waals surface area contributed by atoms with Crippen LogP contribution in [0.2, 0.25) is 10.0 Å². The van der Waals surface area contributed by atoms with Gasteiger partial charge in [-0.2, -0.15) is 0 Å². The zero-order chi connectivity index (χ0) is 12.5. The first kappa shape index (κ1) is 12.7. The van der Waals surface area contributed by atoms with Crippen LogP contribution in [0, 0.1) is 0 Å². The third-order valence-electron chi connectivity index (χ3n) is 3.17. The molecule has 0 heterocycles. The predicted molar refractivity (Wildman–Crippen MR) is 67.6 cm³/mol. The van der Waals surface area contributed by atoms with E-state index in [-0.39, 0.29) is 12.5 Å². The van der Waals surface area contributed by atoms with Crippen molar-refractivity contribution in [3.63, 3.8) is 0 Å². The molecule has 2 rings (SSSR count). The van der Waals surface area contributed by atoms with Gasteiger partial charge in [-0.15, -0.1) is 0 Å². The molecule has 1 aliphatic carbocycles. The van der Waals surface area contributed by atoms with Gasteiger partial charge in [-0.3, -0.25) is 4.79 Å². The number of nitrogens with one attached hydrogen (secondary N) is 1. The molecule has 0 bridgehead atoms. The molecule has 92 valence electrons. The van der Waals surface area contributed by atoms with E-state index in [1.54, 1.807) is 12.1 Å². The lowest BCUT2D eigenvalue weighted by atomic mass is 9.77. The Morgan fingerprint density at radius 2 is 2.12 bits per heavy atom. The van der Waals surface area contributed by atoms with Crippen molar-refractivity contribution in [3.05, 3.63) is 33.8 Å². The zero-order valence-corrected chi connectivity index (χ0v) is 10.7. The van der Waals surface area contributed by atoms with Crippen LogP contribution >= 0.6 is 23.2 Å². The second-order valence-corrected chi connectivity index (χ2v) is 5.21. The number of rotatable bonds is 3. The van der Waals surface area contributed by atoms with Gasteiger partial charge in [0.2, 0.25) is 0 Å². The summed E-state index contributed by atoms with van der Waals surface area (Å²) in [6.07, 6.45) is 2.64. The van der Waals surface area contributed by atoms with Gasteiger partial charge in [0.25, 0.3) is 5.91 Å². The molecule has 1 aromatic rings. The summed E-state index contributed by atoms with van der Waals surface area (Å²) in [4.78, 5) is 12.0. The highest BCUT2D eigenvalue weighted by atomic mass is 35.5. The number of hydrogen-bond acceptors (Lipinski definition) is 2. The Labute approximate surface area is 110 Å². The minimum Gasteiger partial charge on any atom is -0.394 e. The summed E-state index contributed by atoms with van der Waals surface area (Å²) in [6.45, 7) is -0.0377. The van der Waals surface area contributed by atoms with Crippen molar-refractivity contribution >= 4 is 29.1 Å². The average molecular weight is 274 g/mol. The number of aliphatic hydroxyl groups excluding tert-OH is 1. The summed E-state index contributed by atoms with van der Waals surface area (Å²) in [5.74, 6) is -0.264. The topological polar surface area (TPSA) is 49.3 Å². The Morgan fingerprint density at radius 1 is 1.41 bits per heavy atom. The van der Waals surface area contributed by atoms with Gasteiger partial charge in [-0.05, 0) is 37.5 Å². The Balaban J connectivity index is 2.14. The third kappa shape index (κ3) is 2.57. The summed E-state index contributed by atoms with van der Waals surface area (Å²) in [5.41, 5.74) is -0.0733. The number of carbonyl (C=O) groups excluding carboxylic acids is 1. The summed E-state index contributed by atoms with van der Waals surface area (Å²) in [5, 5.41) is 12.9. The van der Waals surface area contributed by atoms with Gasteiger partial charge in [-0.25, -0.2) is 0 Å². The standard InChI is InChI=1S/C12H13Cl2NO2/c13-8-2-3-9(10(14)6-8)11(17)15-12(7-16)4-1-5-12/h2-3,6,16H,1,4-5,7H2,(H,15,17). The van der Waals surface area contributed by atoms with Crippen LogP contribution in [-0.2, 0) is 0 Å². The molecule has 1 amide bonds. The fraction of sp³-hybridized carbons (Fsp3) is 0.417. The van der Waals surface area contributed by atoms with Crippen LogP contribution in [0.1, 0.15) is 29.6 Å². The Hall–Kier alpha value is -0.770. The predicted octanol–water partition coefficient (Wildman–Crippen LogP) is 2.64. The van der Waals surface area contributed by atoms with Crippen LogP contribution < -0.4 is 5.32 Å². The smallest absolute Gasteiger partial charge is 0.253 e. The summed E-state index contributed by atoms with van der Waals surface area (Å²) in [6, 6.07) is 4.74. The summed E-state index contributed by atoms with van der Waals surface area (Å²) < 4.78 is 0. The minimum atomic E-state index is -0.458. The van der Waals surface area contributed by atoms with Gasteiger partial charge in [-0.1, -0.05) is 23.2 Å². The summed E-state index contributed by atoms with van der Waals surface area (Å²) >= 11 is 11.7. The fourth-order valence-electron chi connectivity index (χ4n) is 1.91. The van der Waals surface area contributed by atoms with Crippen molar-refractivity contribution in [1.82, 2.24) is 5.32 Å². The average Bonchev–Trinajstić information content (AvgIpc) is 2.23. The van der Waals surface area contributed by atoms with E-state index in [9.17, 15) is 9.90 Å². The molecule has 3 nitrogen and oxygen atoms in total. The van der Waals surface area contributed by atoms with E-state index in [1.165, 1.54) is 6.07 Å². The third-order valence-corrected chi connectivity index (χ3v) is 3.72. The van der Waals surface area contributed by atoms with E-state index >= 15 is 0 Å². The summed E-state index contributed by atoms with van der Waals surface area (Å²) in [7, 11) is 0. The lowest BCUT2D eigenvalue weighted by molar-refractivity contribution is 0.0642. The van der Waals surface area contributed by atoms with Crippen LogP contribution in [0.3, 0.4) is 0 Å². The van der Waals surface area contributed by atoms with Crippen LogP contribution in [0.25, 0.3) is 0 Å². The molecule has 1 fully saturated rings. The SMILES string of the molecule is O=C(NC1(CO)CCC1)c1ccc(Cl)cc1Cl. The molecule has 0 unspecified atom stereocenters. The van der Waals surface area contributed by atoms with Crippen molar-refractivity contribution in [2.45, 2.75) is 24.8 Å². The number of aliphatic hydroxyl groups is 1. The number of halogens is 2. The first-order valence-corrected chi connectivity index (χ1v) is 6.20. The van der Waals surface area contributed by atoms with E-state index < -0.39 is 5.54 Å². The molecular formula is C12H13Cl2NO2. The van der Waals surface area contributed by atoms with E-state index in [1.807, 2.05) is 0 Å². The maximum absolute atomic E-state index is 12.0. The molecule has 0 spiro atoms. The van der Waals surface area contributed by atoms with Crippen molar-refractivity contribution in [2.75, 3.05) is 6.61 Å². The highest BCUT2D eigenvalue weighted by Gasteiger charge is 2.38. The van der Waals surface area contributed by atoms with Crippen molar-refractivity contribution in [3.8, 4) is 0 Å². The van der Waals surface area contributed by atoms with E-state index in [0.717, 1.165) is 19.3 Å². The van der Waals surface area contributed by atoms with Crippen LogP contribution in [0.5, 0.6) is 0 Å². The van der Waals surface area contributed by atoms with Gasteiger partial charge in [0.05, 0.1) is 22.7 Å². The van der Waals surface area contributed by atoms with Crippen molar-refractivity contribution in [2.24, 2.45) is 0 Å². The van der Waals surface area contributed by atoms with Crippen LogP contribution in [0.4, 0.5) is 0 Å². The highest BCUT2D eigenvalue weighted by Crippen LogP contribution is 2.32. The van der Waals surface area contributed by atoms with Crippen molar-refractivity contribution < 1.29 is 9.90 Å². The second-order valence-electron chi connectivity index (χ2n) is 4.37. The number of carbonyl (C=O) groups is 1. The molecule has 1 aliphatic rings. The molecule has 0 radical (unpaired) electrons. The quantitative estimate of drug-likeness (QED) is 0.890. The minimum absolute atomic E-state index is 0.0377. The molecule has 1 saturated carbocycles. The van der Waals surface area contributed by atoms with Crippen molar-refractivity contribution in [1.29, 1.82) is 0 Å². The maximum atomic E-state index is 12.0. The number of amides is 1. The van der Waals surface area contributed by atoms with Gasteiger partial charge in [0.15, 0.2) is 0 Å². The van der Waals surface area contributed by atoms with Gasteiger partial charge >= 0.3 is 0 Å². The second kappa shape index (κ2) is 4.84. The van der Waals surface area contributed by atoms with Gasteiger partial charge < -0.3 is 10.4 Å². The number of hydrogen-bond donors (Lipinski definition) is 2. The molecular weight excluding hydrogens is 261 g/mol. The molecule has 0 atom stereocenters. The molecule has 0 saturated heterocycles. The van der Waals surface area contributed by atoms with Gasteiger partial charge in [0.1, 0.15) is 0 Å².